The van der Waals surface area contributed by atoms with E-state index in [4.69, 9.17) is 0 Å². The Labute approximate surface area is 144 Å². The highest BCUT2D eigenvalue weighted by Crippen LogP contribution is 2.14. The second-order valence-electron chi connectivity index (χ2n) is 6.97. The Hall–Kier alpha value is -1.88. The molecule has 1 aromatic rings. The predicted molar refractivity (Wildman–Crippen MR) is 95.3 cm³/mol. The molecular weight excluding hydrogens is 302 g/mol. The Bertz CT molecular complexity index is 537. The summed E-state index contributed by atoms with van der Waals surface area (Å²) < 4.78 is 0. The number of carbonyl (C=O) groups excluding carboxylic acids is 2. The van der Waals surface area contributed by atoms with Gasteiger partial charge in [-0.1, -0.05) is 44.2 Å². The average Bonchev–Trinajstić information content (AvgIpc) is 2.55. The minimum atomic E-state index is -0.454. The monoisotopic (exact) mass is 331 g/mol. The van der Waals surface area contributed by atoms with Crippen LogP contribution < -0.4 is 10.6 Å². The summed E-state index contributed by atoms with van der Waals surface area (Å²) in [7, 11) is 0. The van der Waals surface area contributed by atoms with Crippen molar-refractivity contribution in [3.63, 3.8) is 0 Å². The van der Waals surface area contributed by atoms with Gasteiger partial charge in [0.15, 0.2) is 0 Å². The number of likely N-dealkylation sites (tertiary alicyclic amines) is 1. The van der Waals surface area contributed by atoms with E-state index in [2.05, 4.69) is 39.8 Å². The van der Waals surface area contributed by atoms with E-state index in [0.29, 0.717) is 0 Å². The van der Waals surface area contributed by atoms with Crippen molar-refractivity contribution >= 4 is 11.8 Å². The van der Waals surface area contributed by atoms with Gasteiger partial charge < -0.3 is 10.6 Å². The van der Waals surface area contributed by atoms with Crippen LogP contribution in [0.2, 0.25) is 0 Å². The zero-order valence-electron chi connectivity index (χ0n) is 14.9. The third kappa shape index (κ3) is 5.64. The molecule has 1 unspecified atom stereocenters. The third-order valence-corrected chi connectivity index (χ3v) is 4.49. The van der Waals surface area contributed by atoms with Gasteiger partial charge in [-0.2, -0.15) is 0 Å². The quantitative estimate of drug-likeness (QED) is 0.837. The van der Waals surface area contributed by atoms with Gasteiger partial charge in [-0.15, -0.1) is 0 Å². The first-order valence-corrected chi connectivity index (χ1v) is 8.79. The lowest BCUT2D eigenvalue weighted by molar-refractivity contribution is -0.129. The van der Waals surface area contributed by atoms with Gasteiger partial charge in [0, 0.05) is 32.6 Å². The maximum Gasteiger partial charge on any atom is 0.243 e. The Morgan fingerprint density at radius 1 is 1.17 bits per heavy atom. The van der Waals surface area contributed by atoms with E-state index < -0.39 is 6.04 Å². The van der Waals surface area contributed by atoms with Crippen molar-refractivity contribution in [3.8, 4) is 0 Å². The van der Waals surface area contributed by atoms with Gasteiger partial charge in [-0.3, -0.25) is 14.5 Å². The van der Waals surface area contributed by atoms with E-state index >= 15 is 0 Å². The van der Waals surface area contributed by atoms with Crippen LogP contribution in [0.4, 0.5) is 0 Å². The molecule has 2 amide bonds. The van der Waals surface area contributed by atoms with Crippen molar-refractivity contribution in [1.82, 2.24) is 15.5 Å². The molecule has 1 aliphatic heterocycles. The van der Waals surface area contributed by atoms with Crippen LogP contribution in [0.3, 0.4) is 0 Å². The van der Waals surface area contributed by atoms with Crippen molar-refractivity contribution in [2.24, 2.45) is 5.92 Å². The molecule has 0 saturated carbocycles. The molecule has 5 nitrogen and oxygen atoms in total. The second-order valence-corrected chi connectivity index (χ2v) is 6.97. The largest absolute Gasteiger partial charge is 0.351 e. The Morgan fingerprint density at radius 3 is 2.33 bits per heavy atom. The number of rotatable bonds is 6. The summed E-state index contributed by atoms with van der Waals surface area (Å²) >= 11 is 0. The second kappa shape index (κ2) is 8.83. The molecule has 2 N–H and O–H groups in total. The Kier molecular flexibility index (Phi) is 6.79. The topological polar surface area (TPSA) is 61.4 Å². The highest BCUT2D eigenvalue weighted by Gasteiger charge is 2.27. The zero-order chi connectivity index (χ0) is 17.5. The van der Waals surface area contributed by atoms with Crippen LogP contribution in [0.25, 0.3) is 0 Å². The number of hydrogen-bond donors (Lipinski definition) is 2. The SMILES string of the molecule is CC(=O)NC(C(=O)NC1CCN(Cc2ccccc2)CC1)C(C)C. The number of carbonyl (C=O) groups is 2. The van der Waals surface area contributed by atoms with Crippen molar-refractivity contribution in [2.75, 3.05) is 13.1 Å². The molecule has 1 aliphatic rings. The molecule has 1 fully saturated rings. The summed E-state index contributed by atoms with van der Waals surface area (Å²) in [5.74, 6) is -0.157. The molecule has 5 heteroatoms. The highest BCUT2D eigenvalue weighted by atomic mass is 16.2. The fourth-order valence-electron chi connectivity index (χ4n) is 3.12. The summed E-state index contributed by atoms with van der Waals surface area (Å²) in [6.07, 6.45) is 1.90. The molecular formula is C19H29N3O2. The molecule has 0 aromatic heterocycles. The van der Waals surface area contributed by atoms with Gasteiger partial charge in [-0.25, -0.2) is 0 Å². The van der Waals surface area contributed by atoms with Crippen LogP contribution >= 0.6 is 0 Å². The van der Waals surface area contributed by atoms with E-state index in [1.54, 1.807) is 0 Å². The average molecular weight is 331 g/mol. The molecule has 0 bridgehead atoms. The highest BCUT2D eigenvalue weighted by molar-refractivity contribution is 5.87. The molecule has 1 aromatic carbocycles. The lowest BCUT2D eigenvalue weighted by atomic mass is 10.0. The molecule has 24 heavy (non-hydrogen) atoms. The fourth-order valence-corrected chi connectivity index (χ4v) is 3.12. The van der Waals surface area contributed by atoms with Gasteiger partial charge in [0.2, 0.25) is 11.8 Å². The summed E-state index contributed by atoms with van der Waals surface area (Å²) in [5.41, 5.74) is 1.32. The first-order valence-electron chi connectivity index (χ1n) is 8.79. The first kappa shape index (κ1) is 18.5. The summed E-state index contributed by atoms with van der Waals surface area (Å²) in [6, 6.07) is 10.2. The smallest absolute Gasteiger partial charge is 0.243 e. The number of hydrogen-bond acceptors (Lipinski definition) is 3. The number of benzene rings is 1. The van der Waals surface area contributed by atoms with E-state index in [1.165, 1.54) is 12.5 Å². The van der Waals surface area contributed by atoms with E-state index in [9.17, 15) is 9.59 Å². The van der Waals surface area contributed by atoms with Crippen LogP contribution in [-0.4, -0.2) is 41.9 Å². The van der Waals surface area contributed by atoms with Gasteiger partial charge in [-0.05, 0) is 24.3 Å². The molecule has 2 rings (SSSR count). The van der Waals surface area contributed by atoms with Crippen LogP contribution in [0, 0.1) is 5.92 Å². The predicted octanol–water partition coefficient (Wildman–Crippen LogP) is 1.93. The van der Waals surface area contributed by atoms with Crippen LogP contribution in [0.15, 0.2) is 30.3 Å². The fraction of sp³-hybridized carbons (Fsp3) is 0.579. The Balaban J connectivity index is 1.79. The summed E-state index contributed by atoms with van der Waals surface area (Å²) in [6.45, 7) is 8.26. The van der Waals surface area contributed by atoms with Gasteiger partial charge in [0.25, 0.3) is 0 Å². The van der Waals surface area contributed by atoms with Gasteiger partial charge >= 0.3 is 0 Å². The maximum absolute atomic E-state index is 12.4. The van der Waals surface area contributed by atoms with Gasteiger partial charge in [0.1, 0.15) is 6.04 Å². The lowest BCUT2D eigenvalue weighted by Gasteiger charge is -2.33. The summed E-state index contributed by atoms with van der Waals surface area (Å²) in [4.78, 5) is 26.1. The van der Waals surface area contributed by atoms with Gasteiger partial charge in [0.05, 0.1) is 0 Å². The molecule has 1 atom stereocenters. The number of nitrogens with one attached hydrogen (secondary N) is 2. The maximum atomic E-state index is 12.4. The molecule has 0 spiro atoms. The number of amides is 2. The molecule has 0 aliphatic carbocycles. The van der Waals surface area contributed by atoms with Crippen LogP contribution in [0.1, 0.15) is 39.2 Å². The molecule has 0 radical (unpaired) electrons. The Morgan fingerprint density at radius 2 is 1.79 bits per heavy atom. The molecule has 1 saturated heterocycles. The number of nitrogens with zero attached hydrogens (tertiary/aromatic N) is 1. The minimum Gasteiger partial charge on any atom is -0.351 e. The van der Waals surface area contributed by atoms with Crippen molar-refractivity contribution in [3.05, 3.63) is 35.9 Å². The third-order valence-electron chi connectivity index (χ3n) is 4.49. The van der Waals surface area contributed by atoms with Crippen molar-refractivity contribution < 1.29 is 9.59 Å². The van der Waals surface area contributed by atoms with Crippen LogP contribution in [-0.2, 0) is 16.1 Å². The normalized spacial score (nSPS) is 17.5. The van der Waals surface area contributed by atoms with E-state index in [1.807, 2.05) is 19.9 Å². The van der Waals surface area contributed by atoms with E-state index in [-0.39, 0.29) is 23.8 Å². The van der Waals surface area contributed by atoms with Crippen molar-refractivity contribution in [2.45, 2.75) is 52.2 Å². The van der Waals surface area contributed by atoms with Crippen molar-refractivity contribution in [1.29, 1.82) is 0 Å². The minimum absolute atomic E-state index is 0.0679. The first-order chi connectivity index (χ1) is 11.5. The zero-order valence-corrected chi connectivity index (χ0v) is 14.9. The molecule has 132 valence electrons. The summed E-state index contributed by atoms with van der Waals surface area (Å²) in [5, 5.41) is 5.86. The standard InChI is InChI=1S/C19H29N3O2/c1-14(2)18(20-15(3)23)19(24)21-17-9-11-22(12-10-17)13-16-7-5-4-6-8-16/h4-8,14,17-18H,9-13H2,1-3H3,(H,20,23)(H,21,24). The van der Waals surface area contributed by atoms with Crippen LogP contribution in [0.5, 0.6) is 0 Å². The van der Waals surface area contributed by atoms with E-state index in [0.717, 1.165) is 32.5 Å². The lowest BCUT2D eigenvalue weighted by Crippen LogP contribution is -2.53. The number of piperidine rings is 1. The molecule has 1 heterocycles.